The van der Waals surface area contributed by atoms with E-state index in [1.165, 1.54) is 0 Å². The van der Waals surface area contributed by atoms with Crippen LogP contribution in [0, 0.1) is 0 Å². The van der Waals surface area contributed by atoms with Gasteiger partial charge in [0.05, 0.1) is 19.8 Å². The highest BCUT2D eigenvalue weighted by Gasteiger charge is 2.10. The summed E-state index contributed by atoms with van der Waals surface area (Å²) in [6.45, 7) is 1.98. The summed E-state index contributed by atoms with van der Waals surface area (Å²) < 4.78 is 15.5. The number of hydrogen-bond acceptors (Lipinski definition) is 4. The van der Waals surface area contributed by atoms with Crippen LogP contribution in [0.1, 0.15) is 10.6 Å². The Bertz CT molecular complexity index is 502. The van der Waals surface area contributed by atoms with Crippen LogP contribution in [0.4, 0.5) is 0 Å². The van der Waals surface area contributed by atoms with Crippen molar-refractivity contribution >= 4 is 16.9 Å². The Morgan fingerprint density at radius 2 is 2.11 bits per heavy atom. The predicted molar refractivity (Wildman–Crippen MR) is 71.2 cm³/mol. The van der Waals surface area contributed by atoms with Crippen LogP contribution >= 0.6 is 0 Å². The topological polar surface area (TPSA) is 60.7 Å². The first-order valence-electron chi connectivity index (χ1n) is 6.14. The molecule has 0 radical (unpaired) electrons. The zero-order valence-electron chi connectivity index (χ0n) is 10.8. The lowest BCUT2D eigenvalue weighted by Crippen LogP contribution is -2.27. The van der Waals surface area contributed by atoms with E-state index in [1.807, 2.05) is 24.3 Å². The molecule has 0 bridgehead atoms. The van der Waals surface area contributed by atoms with E-state index < -0.39 is 0 Å². The van der Waals surface area contributed by atoms with E-state index in [9.17, 15) is 4.79 Å². The van der Waals surface area contributed by atoms with Gasteiger partial charge >= 0.3 is 0 Å². The minimum Gasteiger partial charge on any atom is -0.451 e. The van der Waals surface area contributed by atoms with Crippen LogP contribution in [0.5, 0.6) is 0 Å². The molecule has 19 heavy (non-hydrogen) atoms. The van der Waals surface area contributed by atoms with Gasteiger partial charge in [-0.15, -0.1) is 0 Å². The fraction of sp³-hybridized carbons (Fsp3) is 0.357. The number of fused-ring (bicyclic) bond motifs is 1. The molecular weight excluding hydrogens is 246 g/mol. The number of para-hydroxylation sites is 1. The van der Waals surface area contributed by atoms with Crippen molar-refractivity contribution in [1.29, 1.82) is 0 Å². The number of furan rings is 1. The van der Waals surface area contributed by atoms with Crippen molar-refractivity contribution in [2.24, 2.45) is 0 Å². The van der Waals surface area contributed by atoms with Gasteiger partial charge in [0, 0.05) is 19.0 Å². The average Bonchev–Trinajstić information content (AvgIpc) is 2.86. The largest absolute Gasteiger partial charge is 0.451 e. The maximum Gasteiger partial charge on any atom is 0.287 e. The third-order valence-corrected chi connectivity index (χ3v) is 2.61. The quantitative estimate of drug-likeness (QED) is 0.774. The van der Waals surface area contributed by atoms with E-state index in [2.05, 4.69) is 5.32 Å². The minimum absolute atomic E-state index is 0.230. The van der Waals surface area contributed by atoms with E-state index in [0.717, 1.165) is 5.39 Å². The Balaban J connectivity index is 1.79. The Morgan fingerprint density at radius 1 is 1.26 bits per heavy atom. The van der Waals surface area contributed by atoms with Crippen LogP contribution in [0.2, 0.25) is 0 Å². The zero-order chi connectivity index (χ0) is 13.5. The predicted octanol–water partition coefficient (Wildman–Crippen LogP) is 1.83. The van der Waals surface area contributed by atoms with Gasteiger partial charge in [-0.1, -0.05) is 18.2 Å². The van der Waals surface area contributed by atoms with Crippen molar-refractivity contribution in [3.8, 4) is 0 Å². The van der Waals surface area contributed by atoms with Crippen molar-refractivity contribution < 1.29 is 18.7 Å². The first-order valence-corrected chi connectivity index (χ1v) is 6.14. The summed E-state index contributed by atoms with van der Waals surface area (Å²) in [5.74, 6) is 0.0876. The van der Waals surface area contributed by atoms with Crippen LogP contribution in [0.25, 0.3) is 11.0 Å². The normalized spacial score (nSPS) is 10.8. The van der Waals surface area contributed by atoms with Crippen LogP contribution < -0.4 is 5.32 Å². The number of ether oxygens (including phenoxy) is 2. The Kier molecular flexibility index (Phi) is 4.94. The molecule has 0 aliphatic heterocycles. The monoisotopic (exact) mass is 263 g/mol. The molecule has 0 atom stereocenters. The molecule has 0 aliphatic rings. The summed E-state index contributed by atoms with van der Waals surface area (Å²) in [6.07, 6.45) is 0. The lowest BCUT2D eigenvalue weighted by molar-refractivity contribution is 0.0687. The number of carbonyl (C=O) groups excluding carboxylic acids is 1. The second kappa shape index (κ2) is 6.92. The van der Waals surface area contributed by atoms with E-state index in [4.69, 9.17) is 13.9 Å². The van der Waals surface area contributed by atoms with Gasteiger partial charge in [0.15, 0.2) is 5.76 Å². The fourth-order valence-electron chi connectivity index (χ4n) is 1.66. The van der Waals surface area contributed by atoms with Gasteiger partial charge in [0.1, 0.15) is 5.58 Å². The molecule has 1 aromatic heterocycles. The molecular formula is C14H17NO4. The Labute approximate surface area is 111 Å². The first-order chi connectivity index (χ1) is 9.31. The van der Waals surface area contributed by atoms with E-state index >= 15 is 0 Å². The van der Waals surface area contributed by atoms with Gasteiger partial charge in [-0.2, -0.15) is 0 Å². The van der Waals surface area contributed by atoms with Crippen LogP contribution in [0.3, 0.4) is 0 Å². The van der Waals surface area contributed by atoms with Gasteiger partial charge in [-0.25, -0.2) is 0 Å². The highest BCUT2D eigenvalue weighted by atomic mass is 16.5. The zero-order valence-corrected chi connectivity index (χ0v) is 10.8. The van der Waals surface area contributed by atoms with E-state index in [1.54, 1.807) is 13.2 Å². The van der Waals surface area contributed by atoms with E-state index in [-0.39, 0.29) is 5.91 Å². The van der Waals surface area contributed by atoms with Crippen LogP contribution in [0.15, 0.2) is 34.7 Å². The molecule has 0 unspecified atom stereocenters. The Morgan fingerprint density at radius 3 is 2.89 bits per heavy atom. The van der Waals surface area contributed by atoms with Crippen molar-refractivity contribution in [1.82, 2.24) is 5.32 Å². The first kappa shape index (κ1) is 13.6. The standard InChI is InChI=1S/C14H17NO4/c1-17-8-9-18-7-6-15-14(16)13-10-11-4-2-3-5-12(11)19-13/h2-5,10H,6-9H2,1H3,(H,15,16). The number of benzene rings is 1. The number of hydrogen-bond donors (Lipinski definition) is 1. The van der Waals surface area contributed by atoms with Crippen molar-refractivity contribution in [3.63, 3.8) is 0 Å². The van der Waals surface area contributed by atoms with Gasteiger partial charge in [0.25, 0.3) is 5.91 Å². The molecule has 0 saturated carbocycles. The highest BCUT2D eigenvalue weighted by Crippen LogP contribution is 2.18. The van der Waals surface area contributed by atoms with Gasteiger partial charge < -0.3 is 19.2 Å². The molecule has 0 spiro atoms. The average molecular weight is 263 g/mol. The summed E-state index contributed by atoms with van der Waals surface area (Å²) in [6, 6.07) is 9.25. The molecule has 2 rings (SSSR count). The lowest BCUT2D eigenvalue weighted by Gasteiger charge is -2.04. The maximum absolute atomic E-state index is 11.8. The SMILES string of the molecule is COCCOCCNC(=O)c1cc2ccccc2o1. The van der Waals surface area contributed by atoms with Gasteiger partial charge in [0.2, 0.25) is 0 Å². The summed E-state index contributed by atoms with van der Waals surface area (Å²) in [5, 5.41) is 3.66. The smallest absolute Gasteiger partial charge is 0.287 e. The van der Waals surface area contributed by atoms with Crippen molar-refractivity contribution in [3.05, 3.63) is 36.1 Å². The van der Waals surface area contributed by atoms with Crippen molar-refractivity contribution in [2.45, 2.75) is 0 Å². The summed E-state index contributed by atoms with van der Waals surface area (Å²) in [4.78, 5) is 11.8. The molecule has 5 heteroatoms. The lowest BCUT2D eigenvalue weighted by atomic mass is 10.2. The van der Waals surface area contributed by atoms with Crippen LogP contribution in [-0.4, -0.2) is 39.4 Å². The molecule has 5 nitrogen and oxygen atoms in total. The molecule has 2 aromatic rings. The summed E-state index contributed by atoms with van der Waals surface area (Å²) in [5.41, 5.74) is 0.712. The second-order valence-corrected chi connectivity index (χ2v) is 4.01. The van der Waals surface area contributed by atoms with Gasteiger partial charge in [-0.3, -0.25) is 4.79 Å². The number of carbonyl (C=O) groups is 1. The Hall–Kier alpha value is -1.85. The third kappa shape index (κ3) is 3.81. The molecule has 0 aliphatic carbocycles. The molecule has 0 fully saturated rings. The molecule has 1 N–H and O–H groups in total. The summed E-state index contributed by atoms with van der Waals surface area (Å²) in [7, 11) is 1.62. The molecule has 1 amide bonds. The maximum atomic E-state index is 11.8. The van der Waals surface area contributed by atoms with Crippen LogP contribution in [-0.2, 0) is 9.47 Å². The fourth-order valence-corrected chi connectivity index (χ4v) is 1.66. The number of methoxy groups -OCH3 is 1. The molecule has 102 valence electrons. The number of amides is 1. The van der Waals surface area contributed by atoms with Crippen molar-refractivity contribution in [2.75, 3.05) is 33.5 Å². The van der Waals surface area contributed by atoms with E-state index in [0.29, 0.717) is 37.7 Å². The second-order valence-electron chi connectivity index (χ2n) is 4.01. The number of rotatable bonds is 7. The molecule has 1 aromatic carbocycles. The minimum atomic E-state index is -0.230. The molecule has 1 heterocycles. The third-order valence-electron chi connectivity index (χ3n) is 2.61. The van der Waals surface area contributed by atoms with Gasteiger partial charge in [-0.05, 0) is 12.1 Å². The number of nitrogens with one attached hydrogen (secondary N) is 1. The highest BCUT2D eigenvalue weighted by molar-refractivity contribution is 5.95. The molecule has 0 saturated heterocycles. The summed E-state index contributed by atoms with van der Waals surface area (Å²) >= 11 is 0.